The molecule has 1 aliphatic carbocycles. The van der Waals surface area contributed by atoms with Crippen molar-refractivity contribution in [2.24, 2.45) is 0 Å². The standard InChI is InChI=1S/C22H28N2O3/c1-26-21-16-17(8-9-20(21)27-19-6-2-3-7-19)22(25)24-14-10-18(11-15-24)23-12-4-5-13-23/h4-5,8-9,12-13,16,18-19H,2-3,6-7,10-11,14-15H2,1H3. The van der Waals surface area contributed by atoms with Gasteiger partial charge >= 0.3 is 0 Å². The highest BCUT2D eigenvalue weighted by molar-refractivity contribution is 5.95. The molecule has 0 unspecified atom stereocenters. The van der Waals surface area contributed by atoms with E-state index in [9.17, 15) is 4.79 Å². The maximum atomic E-state index is 12.9. The molecule has 5 nitrogen and oxygen atoms in total. The molecule has 1 saturated heterocycles. The number of hydrogen-bond acceptors (Lipinski definition) is 3. The Morgan fingerprint density at radius 2 is 1.70 bits per heavy atom. The van der Waals surface area contributed by atoms with Crippen molar-refractivity contribution in [1.29, 1.82) is 0 Å². The Kier molecular flexibility index (Phi) is 5.37. The topological polar surface area (TPSA) is 43.7 Å². The number of likely N-dealkylation sites (tertiary alicyclic amines) is 1. The molecule has 2 aromatic rings. The number of benzene rings is 1. The van der Waals surface area contributed by atoms with Crippen molar-refractivity contribution in [2.45, 2.75) is 50.7 Å². The number of rotatable bonds is 5. The zero-order valence-corrected chi connectivity index (χ0v) is 16.0. The van der Waals surface area contributed by atoms with E-state index in [0.29, 0.717) is 17.4 Å². The van der Waals surface area contributed by atoms with E-state index in [4.69, 9.17) is 9.47 Å². The normalized spacial score (nSPS) is 18.6. The van der Waals surface area contributed by atoms with Gasteiger partial charge in [0, 0.05) is 37.1 Å². The Labute approximate surface area is 160 Å². The van der Waals surface area contributed by atoms with Crippen LogP contribution in [-0.4, -0.2) is 41.7 Å². The molecular weight excluding hydrogens is 340 g/mol. The first-order valence-electron chi connectivity index (χ1n) is 10.0. The van der Waals surface area contributed by atoms with Crippen LogP contribution in [0.15, 0.2) is 42.7 Å². The Balaban J connectivity index is 1.41. The fourth-order valence-electron chi connectivity index (χ4n) is 4.22. The Hall–Kier alpha value is -2.43. The molecule has 1 aromatic heterocycles. The maximum Gasteiger partial charge on any atom is 0.253 e. The molecule has 144 valence electrons. The van der Waals surface area contributed by atoms with Gasteiger partial charge in [0.1, 0.15) is 0 Å². The number of carbonyl (C=O) groups excluding carboxylic acids is 1. The molecule has 0 atom stereocenters. The molecule has 2 fully saturated rings. The van der Waals surface area contributed by atoms with E-state index >= 15 is 0 Å². The van der Waals surface area contributed by atoms with Gasteiger partial charge in [-0.2, -0.15) is 0 Å². The minimum atomic E-state index is 0.0756. The third-order valence-corrected chi connectivity index (χ3v) is 5.81. The van der Waals surface area contributed by atoms with Crippen molar-refractivity contribution in [1.82, 2.24) is 9.47 Å². The molecule has 2 aliphatic rings. The van der Waals surface area contributed by atoms with Crippen molar-refractivity contribution >= 4 is 5.91 Å². The molecule has 5 heteroatoms. The van der Waals surface area contributed by atoms with Crippen LogP contribution in [0.2, 0.25) is 0 Å². The maximum absolute atomic E-state index is 12.9. The minimum Gasteiger partial charge on any atom is -0.493 e. The molecule has 0 N–H and O–H groups in total. The fourth-order valence-corrected chi connectivity index (χ4v) is 4.22. The van der Waals surface area contributed by atoms with Crippen LogP contribution >= 0.6 is 0 Å². The number of hydrogen-bond donors (Lipinski definition) is 0. The lowest BCUT2D eigenvalue weighted by molar-refractivity contribution is 0.0694. The lowest BCUT2D eigenvalue weighted by atomic mass is 10.0. The van der Waals surface area contributed by atoms with Crippen LogP contribution in [0.1, 0.15) is 54.9 Å². The summed E-state index contributed by atoms with van der Waals surface area (Å²) >= 11 is 0. The molecule has 1 aliphatic heterocycles. The highest BCUT2D eigenvalue weighted by Crippen LogP contribution is 2.33. The Morgan fingerprint density at radius 1 is 1.00 bits per heavy atom. The molecule has 1 amide bonds. The van der Waals surface area contributed by atoms with Crippen LogP contribution in [-0.2, 0) is 0 Å². The van der Waals surface area contributed by atoms with Crippen molar-refractivity contribution in [3.05, 3.63) is 48.3 Å². The second-order valence-electron chi connectivity index (χ2n) is 7.54. The van der Waals surface area contributed by atoms with Crippen molar-refractivity contribution in [3.63, 3.8) is 0 Å². The summed E-state index contributed by atoms with van der Waals surface area (Å²) in [5.41, 5.74) is 0.671. The zero-order chi connectivity index (χ0) is 18.6. The second-order valence-corrected chi connectivity index (χ2v) is 7.54. The molecule has 0 spiro atoms. The van der Waals surface area contributed by atoms with Gasteiger partial charge in [-0.25, -0.2) is 0 Å². The van der Waals surface area contributed by atoms with E-state index in [1.54, 1.807) is 7.11 Å². The summed E-state index contributed by atoms with van der Waals surface area (Å²) in [5, 5.41) is 0. The third kappa shape index (κ3) is 3.97. The van der Waals surface area contributed by atoms with Crippen LogP contribution < -0.4 is 9.47 Å². The van der Waals surface area contributed by atoms with E-state index in [0.717, 1.165) is 44.5 Å². The van der Waals surface area contributed by atoms with Gasteiger partial charge < -0.3 is 18.9 Å². The zero-order valence-electron chi connectivity index (χ0n) is 16.0. The fraction of sp³-hybridized carbons (Fsp3) is 0.500. The Morgan fingerprint density at radius 3 is 2.37 bits per heavy atom. The lowest BCUT2D eigenvalue weighted by Crippen LogP contribution is -2.38. The average molecular weight is 368 g/mol. The SMILES string of the molecule is COc1cc(C(=O)N2CCC(n3cccc3)CC2)ccc1OC1CCCC1. The highest BCUT2D eigenvalue weighted by Gasteiger charge is 2.25. The van der Waals surface area contributed by atoms with Gasteiger partial charge in [-0.15, -0.1) is 0 Å². The van der Waals surface area contributed by atoms with Crippen molar-refractivity contribution in [2.75, 3.05) is 20.2 Å². The predicted octanol–water partition coefficient (Wildman–Crippen LogP) is 4.30. The van der Waals surface area contributed by atoms with Gasteiger partial charge in [0.15, 0.2) is 11.5 Å². The first kappa shape index (κ1) is 18.0. The molecule has 2 heterocycles. The second kappa shape index (κ2) is 8.07. The average Bonchev–Trinajstić information content (AvgIpc) is 3.42. The minimum absolute atomic E-state index is 0.0756. The first-order valence-corrected chi connectivity index (χ1v) is 10.0. The van der Waals surface area contributed by atoms with E-state index < -0.39 is 0 Å². The lowest BCUT2D eigenvalue weighted by Gasteiger charge is -2.33. The third-order valence-electron chi connectivity index (χ3n) is 5.81. The van der Waals surface area contributed by atoms with Gasteiger partial charge in [0.05, 0.1) is 13.2 Å². The molecule has 0 bridgehead atoms. The number of amides is 1. The van der Waals surface area contributed by atoms with Crippen LogP contribution in [0.4, 0.5) is 0 Å². The summed E-state index contributed by atoms with van der Waals surface area (Å²) in [5.74, 6) is 1.47. The smallest absolute Gasteiger partial charge is 0.253 e. The van der Waals surface area contributed by atoms with Crippen molar-refractivity contribution in [3.8, 4) is 11.5 Å². The number of aromatic nitrogens is 1. The summed E-state index contributed by atoms with van der Waals surface area (Å²) < 4.78 is 13.8. The summed E-state index contributed by atoms with van der Waals surface area (Å²) in [6, 6.07) is 10.2. The van der Waals surface area contributed by atoms with Gasteiger partial charge in [-0.3, -0.25) is 4.79 Å². The predicted molar refractivity (Wildman–Crippen MR) is 104 cm³/mol. The summed E-state index contributed by atoms with van der Waals surface area (Å²) in [7, 11) is 1.63. The number of carbonyl (C=O) groups is 1. The highest BCUT2D eigenvalue weighted by atomic mass is 16.5. The molecule has 4 rings (SSSR count). The first-order chi connectivity index (χ1) is 13.2. The van der Waals surface area contributed by atoms with Crippen LogP contribution in [0, 0.1) is 0 Å². The molecule has 27 heavy (non-hydrogen) atoms. The number of nitrogens with zero attached hydrogens (tertiary/aromatic N) is 2. The van der Waals surface area contributed by atoms with Gasteiger partial charge in [-0.1, -0.05) is 0 Å². The molecular formula is C22H28N2O3. The number of methoxy groups -OCH3 is 1. The van der Waals surface area contributed by atoms with Gasteiger partial charge in [-0.05, 0) is 68.9 Å². The van der Waals surface area contributed by atoms with E-state index in [1.807, 2.05) is 23.1 Å². The number of piperidine rings is 1. The van der Waals surface area contributed by atoms with Crippen LogP contribution in [0.5, 0.6) is 11.5 Å². The van der Waals surface area contributed by atoms with Gasteiger partial charge in [0.2, 0.25) is 0 Å². The monoisotopic (exact) mass is 368 g/mol. The molecule has 0 radical (unpaired) electrons. The van der Waals surface area contributed by atoms with E-state index in [2.05, 4.69) is 29.1 Å². The number of ether oxygens (including phenoxy) is 2. The van der Waals surface area contributed by atoms with Crippen LogP contribution in [0.25, 0.3) is 0 Å². The summed E-state index contributed by atoms with van der Waals surface area (Å²) in [6.07, 6.45) is 11.1. The quantitative estimate of drug-likeness (QED) is 0.790. The van der Waals surface area contributed by atoms with Crippen LogP contribution in [0.3, 0.4) is 0 Å². The van der Waals surface area contributed by atoms with E-state index in [-0.39, 0.29) is 12.0 Å². The van der Waals surface area contributed by atoms with Crippen molar-refractivity contribution < 1.29 is 14.3 Å². The Bertz CT molecular complexity index is 758. The molecule has 1 aromatic carbocycles. The largest absolute Gasteiger partial charge is 0.493 e. The summed E-state index contributed by atoms with van der Waals surface area (Å²) in [6.45, 7) is 1.56. The van der Waals surface area contributed by atoms with E-state index in [1.165, 1.54) is 12.8 Å². The molecule has 1 saturated carbocycles. The summed E-state index contributed by atoms with van der Waals surface area (Å²) in [4.78, 5) is 14.9. The van der Waals surface area contributed by atoms with Gasteiger partial charge in [0.25, 0.3) is 5.91 Å².